The summed E-state index contributed by atoms with van der Waals surface area (Å²) in [4.78, 5) is 13.9. The number of carbonyl (C=O) groups is 1. The molecule has 1 unspecified atom stereocenters. The third-order valence-electron chi connectivity index (χ3n) is 3.02. The van der Waals surface area contributed by atoms with Gasteiger partial charge in [0.25, 0.3) is 5.91 Å². The summed E-state index contributed by atoms with van der Waals surface area (Å²) in [7, 11) is 0. The SMILES string of the molecule is CCc1cccc(C(=O)N2CCNC(O)C2)c1. The highest BCUT2D eigenvalue weighted by Crippen LogP contribution is 2.10. The fourth-order valence-electron chi connectivity index (χ4n) is 2.02. The Hall–Kier alpha value is -1.39. The third-order valence-corrected chi connectivity index (χ3v) is 3.02. The smallest absolute Gasteiger partial charge is 0.254 e. The second-order valence-corrected chi connectivity index (χ2v) is 4.28. The number of aryl methyl sites for hydroxylation is 1. The van der Waals surface area contributed by atoms with Gasteiger partial charge in [0.1, 0.15) is 6.23 Å². The molecule has 1 aromatic rings. The first-order valence-corrected chi connectivity index (χ1v) is 6.00. The molecule has 92 valence electrons. The van der Waals surface area contributed by atoms with E-state index < -0.39 is 6.23 Å². The molecule has 17 heavy (non-hydrogen) atoms. The molecule has 4 nitrogen and oxygen atoms in total. The summed E-state index contributed by atoms with van der Waals surface area (Å²) in [5, 5.41) is 12.4. The van der Waals surface area contributed by atoms with Crippen molar-refractivity contribution in [3.8, 4) is 0 Å². The van der Waals surface area contributed by atoms with Gasteiger partial charge in [-0.1, -0.05) is 19.1 Å². The van der Waals surface area contributed by atoms with Crippen molar-refractivity contribution in [1.82, 2.24) is 10.2 Å². The third kappa shape index (κ3) is 2.84. The fourth-order valence-corrected chi connectivity index (χ4v) is 2.02. The molecule has 0 aromatic heterocycles. The lowest BCUT2D eigenvalue weighted by molar-refractivity contribution is 0.0401. The topological polar surface area (TPSA) is 52.6 Å². The first kappa shape index (κ1) is 12.1. The van der Waals surface area contributed by atoms with E-state index in [4.69, 9.17) is 0 Å². The zero-order valence-electron chi connectivity index (χ0n) is 10.0. The Morgan fingerprint density at radius 1 is 1.59 bits per heavy atom. The highest BCUT2D eigenvalue weighted by Gasteiger charge is 2.22. The number of rotatable bonds is 2. The maximum absolute atomic E-state index is 12.2. The van der Waals surface area contributed by atoms with Gasteiger partial charge in [0.2, 0.25) is 0 Å². The van der Waals surface area contributed by atoms with Crippen LogP contribution in [0, 0.1) is 0 Å². The van der Waals surface area contributed by atoms with Crippen molar-refractivity contribution < 1.29 is 9.90 Å². The first-order chi connectivity index (χ1) is 8.20. The molecule has 2 rings (SSSR count). The van der Waals surface area contributed by atoms with Crippen molar-refractivity contribution in [2.24, 2.45) is 0 Å². The molecule has 0 radical (unpaired) electrons. The predicted molar refractivity (Wildman–Crippen MR) is 65.7 cm³/mol. The van der Waals surface area contributed by atoms with Gasteiger partial charge in [-0.05, 0) is 24.1 Å². The van der Waals surface area contributed by atoms with E-state index in [1.54, 1.807) is 4.90 Å². The van der Waals surface area contributed by atoms with Gasteiger partial charge in [-0.25, -0.2) is 0 Å². The molecule has 0 spiro atoms. The number of benzene rings is 1. The molecule has 1 aliphatic heterocycles. The van der Waals surface area contributed by atoms with Gasteiger partial charge in [-0.2, -0.15) is 0 Å². The van der Waals surface area contributed by atoms with Crippen LogP contribution in [0.3, 0.4) is 0 Å². The summed E-state index contributed by atoms with van der Waals surface area (Å²) >= 11 is 0. The molecule has 1 amide bonds. The highest BCUT2D eigenvalue weighted by atomic mass is 16.3. The van der Waals surface area contributed by atoms with Gasteiger partial charge >= 0.3 is 0 Å². The van der Waals surface area contributed by atoms with E-state index >= 15 is 0 Å². The summed E-state index contributed by atoms with van der Waals surface area (Å²) in [6, 6.07) is 7.68. The van der Waals surface area contributed by atoms with E-state index in [1.807, 2.05) is 24.3 Å². The minimum atomic E-state index is -0.609. The summed E-state index contributed by atoms with van der Waals surface area (Å²) in [6.45, 7) is 3.71. The number of aliphatic hydroxyl groups is 1. The number of β-amino-alcohol motifs (C(OH)–C–C–N with tert-alkyl or cyclic N) is 1. The number of hydrogen-bond donors (Lipinski definition) is 2. The Morgan fingerprint density at radius 2 is 2.41 bits per heavy atom. The lowest BCUT2D eigenvalue weighted by Crippen LogP contribution is -2.52. The Labute approximate surface area is 101 Å². The highest BCUT2D eigenvalue weighted by molar-refractivity contribution is 5.94. The van der Waals surface area contributed by atoms with Crippen LogP contribution >= 0.6 is 0 Å². The van der Waals surface area contributed by atoms with E-state index in [0.29, 0.717) is 25.2 Å². The summed E-state index contributed by atoms with van der Waals surface area (Å²) in [5.74, 6) is 0.000787. The summed E-state index contributed by atoms with van der Waals surface area (Å²) in [6.07, 6.45) is 0.313. The zero-order chi connectivity index (χ0) is 12.3. The molecule has 0 saturated carbocycles. The van der Waals surface area contributed by atoms with E-state index in [2.05, 4.69) is 12.2 Å². The van der Waals surface area contributed by atoms with Crippen LogP contribution in [-0.4, -0.2) is 41.8 Å². The largest absolute Gasteiger partial charge is 0.377 e. The minimum absolute atomic E-state index is 0.000787. The van der Waals surface area contributed by atoms with Crippen LogP contribution in [0.5, 0.6) is 0 Å². The summed E-state index contributed by atoms with van der Waals surface area (Å²) < 4.78 is 0. The van der Waals surface area contributed by atoms with Crippen molar-refractivity contribution in [2.75, 3.05) is 19.6 Å². The van der Waals surface area contributed by atoms with Gasteiger partial charge < -0.3 is 10.0 Å². The Kier molecular flexibility index (Phi) is 3.76. The number of aliphatic hydroxyl groups excluding tert-OH is 1. The molecule has 1 aliphatic rings. The van der Waals surface area contributed by atoms with Crippen molar-refractivity contribution in [1.29, 1.82) is 0 Å². The van der Waals surface area contributed by atoms with Crippen molar-refractivity contribution in [2.45, 2.75) is 19.6 Å². The monoisotopic (exact) mass is 234 g/mol. The van der Waals surface area contributed by atoms with E-state index in [1.165, 1.54) is 0 Å². The average molecular weight is 234 g/mol. The quantitative estimate of drug-likeness (QED) is 0.788. The molecule has 2 N–H and O–H groups in total. The maximum Gasteiger partial charge on any atom is 0.254 e. The zero-order valence-corrected chi connectivity index (χ0v) is 10.0. The van der Waals surface area contributed by atoms with Crippen molar-refractivity contribution in [3.05, 3.63) is 35.4 Å². The Morgan fingerprint density at radius 3 is 3.12 bits per heavy atom. The van der Waals surface area contributed by atoms with E-state index in [-0.39, 0.29) is 5.91 Å². The predicted octanol–water partition coefficient (Wildman–Crippen LogP) is 0.613. The fraction of sp³-hybridized carbons (Fsp3) is 0.462. The van der Waals surface area contributed by atoms with E-state index in [9.17, 15) is 9.90 Å². The Balaban J connectivity index is 2.12. The number of hydrogen-bond acceptors (Lipinski definition) is 3. The van der Waals surface area contributed by atoms with Gasteiger partial charge in [0.05, 0.1) is 6.54 Å². The van der Waals surface area contributed by atoms with Gasteiger partial charge in [-0.3, -0.25) is 10.1 Å². The average Bonchev–Trinajstić information content (AvgIpc) is 2.38. The Bertz CT molecular complexity index is 406. The van der Waals surface area contributed by atoms with Crippen LogP contribution < -0.4 is 5.32 Å². The number of amides is 1. The van der Waals surface area contributed by atoms with Gasteiger partial charge in [0.15, 0.2) is 0 Å². The first-order valence-electron chi connectivity index (χ1n) is 6.00. The number of nitrogens with zero attached hydrogens (tertiary/aromatic N) is 1. The molecule has 1 aromatic carbocycles. The molecule has 0 aliphatic carbocycles. The number of piperazine rings is 1. The minimum Gasteiger partial charge on any atom is -0.377 e. The maximum atomic E-state index is 12.2. The lowest BCUT2D eigenvalue weighted by atomic mass is 10.1. The second-order valence-electron chi connectivity index (χ2n) is 4.28. The molecule has 1 saturated heterocycles. The molecule has 4 heteroatoms. The van der Waals surface area contributed by atoms with Crippen LogP contribution in [0.4, 0.5) is 0 Å². The van der Waals surface area contributed by atoms with Crippen LogP contribution in [0.25, 0.3) is 0 Å². The van der Waals surface area contributed by atoms with Crippen molar-refractivity contribution >= 4 is 5.91 Å². The molecular weight excluding hydrogens is 216 g/mol. The lowest BCUT2D eigenvalue weighted by Gasteiger charge is -2.31. The van der Waals surface area contributed by atoms with Crippen LogP contribution in [-0.2, 0) is 6.42 Å². The van der Waals surface area contributed by atoms with Gasteiger partial charge in [0, 0.05) is 18.7 Å². The molecule has 1 heterocycles. The number of nitrogens with one attached hydrogen (secondary N) is 1. The molecule has 1 fully saturated rings. The standard InChI is InChI=1S/C13H18N2O2/c1-2-10-4-3-5-11(8-10)13(17)15-7-6-14-12(16)9-15/h3-5,8,12,14,16H,2,6-7,9H2,1H3. The van der Waals surface area contributed by atoms with Crippen LogP contribution in [0.2, 0.25) is 0 Å². The van der Waals surface area contributed by atoms with Gasteiger partial charge in [-0.15, -0.1) is 0 Å². The van der Waals surface area contributed by atoms with Crippen LogP contribution in [0.1, 0.15) is 22.8 Å². The molecular formula is C13H18N2O2. The number of carbonyl (C=O) groups excluding carboxylic acids is 1. The van der Waals surface area contributed by atoms with Crippen molar-refractivity contribution in [3.63, 3.8) is 0 Å². The second kappa shape index (κ2) is 5.29. The molecule has 0 bridgehead atoms. The normalized spacial score (nSPS) is 20.4. The summed E-state index contributed by atoms with van der Waals surface area (Å²) in [5.41, 5.74) is 1.87. The molecule has 1 atom stereocenters. The van der Waals surface area contributed by atoms with E-state index in [0.717, 1.165) is 12.0 Å². The van der Waals surface area contributed by atoms with Crippen LogP contribution in [0.15, 0.2) is 24.3 Å².